The van der Waals surface area contributed by atoms with Gasteiger partial charge in [0.1, 0.15) is 0 Å². The zero-order valence-electron chi connectivity index (χ0n) is 13.3. The van der Waals surface area contributed by atoms with E-state index in [-0.39, 0.29) is 18.2 Å². The van der Waals surface area contributed by atoms with E-state index < -0.39 is 5.54 Å². The third-order valence-electron chi connectivity index (χ3n) is 3.78. The molecule has 0 aromatic carbocycles. The van der Waals surface area contributed by atoms with Crippen molar-refractivity contribution in [3.63, 3.8) is 0 Å². The van der Waals surface area contributed by atoms with E-state index in [4.69, 9.17) is 4.74 Å². The maximum atomic E-state index is 12.5. The average molecular weight is 270 g/mol. The summed E-state index contributed by atoms with van der Waals surface area (Å²) >= 11 is 0. The molecule has 19 heavy (non-hydrogen) atoms. The Kier molecular flexibility index (Phi) is 5.81. The van der Waals surface area contributed by atoms with Crippen LogP contribution in [0.5, 0.6) is 0 Å². The highest BCUT2D eigenvalue weighted by atomic mass is 16.5. The number of amides is 1. The van der Waals surface area contributed by atoms with Gasteiger partial charge < -0.3 is 9.64 Å². The van der Waals surface area contributed by atoms with Crippen LogP contribution in [-0.2, 0) is 9.53 Å². The maximum Gasteiger partial charge on any atom is 0.243 e. The number of carbonyl (C=O) groups is 1. The number of carbonyl (C=O) groups excluding carboxylic acids is 1. The van der Waals surface area contributed by atoms with Gasteiger partial charge in [-0.25, -0.2) is 0 Å². The molecule has 1 N–H and O–H groups in total. The van der Waals surface area contributed by atoms with E-state index in [1.807, 2.05) is 25.7 Å². The minimum absolute atomic E-state index is 0.146. The van der Waals surface area contributed by atoms with Crippen LogP contribution in [0.1, 0.15) is 54.4 Å². The van der Waals surface area contributed by atoms with Crippen molar-refractivity contribution in [2.24, 2.45) is 5.92 Å². The lowest BCUT2D eigenvalue weighted by atomic mass is 9.99. The van der Waals surface area contributed by atoms with Gasteiger partial charge in [-0.2, -0.15) is 0 Å². The molecule has 0 aromatic heterocycles. The predicted octanol–water partition coefficient (Wildman–Crippen LogP) is 2.38. The van der Waals surface area contributed by atoms with Crippen molar-refractivity contribution in [3.05, 3.63) is 0 Å². The second-order valence-electron chi connectivity index (χ2n) is 6.39. The third kappa shape index (κ3) is 4.18. The molecule has 112 valence electrons. The highest BCUT2D eigenvalue weighted by Gasteiger charge is 2.46. The first-order valence-electron chi connectivity index (χ1n) is 7.50. The SMILES string of the molecule is CCC1(C)NC(CC(C)C)N(CCOC(C)C)C1=O. The molecule has 1 rings (SSSR count). The van der Waals surface area contributed by atoms with Gasteiger partial charge in [0.25, 0.3) is 0 Å². The molecule has 1 saturated heterocycles. The van der Waals surface area contributed by atoms with E-state index in [9.17, 15) is 4.79 Å². The molecule has 1 fully saturated rings. The molecule has 1 aliphatic rings. The minimum atomic E-state index is -0.405. The van der Waals surface area contributed by atoms with Crippen molar-refractivity contribution in [2.75, 3.05) is 13.2 Å². The van der Waals surface area contributed by atoms with Gasteiger partial charge in [0.05, 0.1) is 24.4 Å². The Morgan fingerprint density at radius 2 is 2.00 bits per heavy atom. The summed E-state index contributed by atoms with van der Waals surface area (Å²) in [4.78, 5) is 14.5. The van der Waals surface area contributed by atoms with Gasteiger partial charge in [0.2, 0.25) is 5.91 Å². The van der Waals surface area contributed by atoms with Gasteiger partial charge in [0.15, 0.2) is 0 Å². The van der Waals surface area contributed by atoms with Gasteiger partial charge in [-0.3, -0.25) is 10.1 Å². The van der Waals surface area contributed by atoms with E-state index in [1.165, 1.54) is 0 Å². The summed E-state index contributed by atoms with van der Waals surface area (Å²) in [6.45, 7) is 13.8. The molecule has 4 nitrogen and oxygen atoms in total. The first kappa shape index (κ1) is 16.4. The van der Waals surface area contributed by atoms with Crippen LogP contribution in [0.2, 0.25) is 0 Å². The molecule has 0 saturated carbocycles. The monoisotopic (exact) mass is 270 g/mol. The Morgan fingerprint density at radius 3 is 2.47 bits per heavy atom. The molecular formula is C15H30N2O2. The molecule has 0 radical (unpaired) electrons. The molecule has 2 atom stereocenters. The van der Waals surface area contributed by atoms with Crippen molar-refractivity contribution in [1.29, 1.82) is 0 Å². The number of nitrogens with one attached hydrogen (secondary N) is 1. The molecule has 1 aliphatic heterocycles. The summed E-state index contributed by atoms with van der Waals surface area (Å²) < 4.78 is 5.59. The molecule has 0 spiro atoms. The largest absolute Gasteiger partial charge is 0.377 e. The fourth-order valence-corrected chi connectivity index (χ4v) is 2.50. The lowest BCUT2D eigenvalue weighted by molar-refractivity contribution is -0.134. The van der Waals surface area contributed by atoms with E-state index in [1.54, 1.807) is 0 Å². The quantitative estimate of drug-likeness (QED) is 0.772. The number of hydrogen-bond acceptors (Lipinski definition) is 3. The van der Waals surface area contributed by atoms with Crippen LogP contribution < -0.4 is 5.32 Å². The highest BCUT2D eigenvalue weighted by molar-refractivity contribution is 5.88. The van der Waals surface area contributed by atoms with Gasteiger partial charge >= 0.3 is 0 Å². The number of nitrogens with zero attached hydrogens (tertiary/aromatic N) is 1. The third-order valence-corrected chi connectivity index (χ3v) is 3.78. The summed E-state index contributed by atoms with van der Waals surface area (Å²) in [6, 6.07) is 0. The predicted molar refractivity (Wildman–Crippen MR) is 77.9 cm³/mol. The van der Waals surface area contributed by atoms with Gasteiger partial charge in [-0.1, -0.05) is 20.8 Å². The summed E-state index contributed by atoms with van der Waals surface area (Å²) in [5.41, 5.74) is -0.405. The zero-order valence-corrected chi connectivity index (χ0v) is 13.3. The van der Waals surface area contributed by atoms with Crippen LogP contribution in [0, 0.1) is 5.92 Å². The topological polar surface area (TPSA) is 41.6 Å². The first-order chi connectivity index (χ1) is 8.80. The maximum absolute atomic E-state index is 12.5. The molecule has 0 aromatic rings. The van der Waals surface area contributed by atoms with Crippen LogP contribution in [0.25, 0.3) is 0 Å². The lowest BCUT2D eigenvalue weighted by Gasteiger charge is -2.25. The van der Waals surface area contributed by atoms with Crippen LogP contribution in [0.4, 0.5) is 0 Å². The highest BCUT2D eigenvalue weighted by Crippen LogP contribution is 2.26. The standard InChI is InChI=1S/C15H30N2O2/c1-7-15(6)14(18)17(8-9-19-12(4)5)13(16-15)10-11(2)3/h11-13,16H,7-10H2,1-6H3. The van der Waals surface area contributed by atoms with Gasteiger partial charge in [-0.05, 0) is 39.5 Å². The Hall–Kier alpha value is -0.610. The first-order valence-corrected chi connectivity index (χ1v) is 7.50. The van der Waals surface area contributed by atoms with Crippen LogP contribution >= 0.6 is 0 Å². The Bertz CT molecular complexity index is 305. The van der Waals surface area contributed by atoms with E-state index >= 15 is 0 Å². The Balaban J connectivity index is 2.68. The van der Waals surface area contributed by atoms with Crippen LogP contribution in [0.15, 0.2) is 0 Å². The van der Waals surface area contributed by atoms with Crippen molar-refractivity contribution in [1.82, 2.24) is 10.2 Å². The molecule has 2 unspecified atom stereocenters. The van der Waals surface area contributed by atoms with E-state index in [0.29, 0.717) is 19.1 Å². The molecular weight excluding hydrogens is 240 g/mol. The van der Waals surface area contributed by atoms with Crippen molar-refractivity contribution < 1.29 is 9.53 Å². The summed E-state index contributed by atoms with van der Waals surface area (Å²) in [7, 11) is 0. The average Bonchev–Trinajstić information content (AvgIpc) is 2.53. The second-order valence-corrected chi connectivity index (χ2v) is 6.39. The van der Waals surface area contributed by atoms with E-state index in [0.717, 1.165) is 12.8 Å². The van der Waals surface area contributed by atoms with Crippen LogP contribution in [0.3, 0.4) is 0 Å². The zero-order chi connectivity index (χ0) is 14.6. The number of rotatable bonds is 7. The molecule has 1 heterocycles. The smallest absolute Gasteiger partial charge is 0.243 e. The summed E-state index contributed by atoms with van der Waals surface area (Å²) in [5.74, 6) is 0.783. The molecule has 4 heteroatoms. The number of ether oxygens (including phenoxy) is 1. The summed E-state index contributed by atoms with van der Waals surface area (Å²) in [6.07, 6.45) is 2.17. The fourth-order valence-electron chi connectivity index (χ4n) is 2.50. The Labute approximate surface area is 117 Å². The number of hydrogen-bond donors (Lipinski definition) is 1. The van der Waals surface area contributed by atoms with E-state index in [2.05, 4.69) is 26.1 Å². The second kappa shape index (κ2) is 6.71. The minimum Gasteiger partial charge on any atom is -0.377 e. The van der Waals surface area contributed by atoms with Gasteiger partial charge in [0, 0.05) is 6.54 Å². The normalized spacial score (nSPS) is 27.9. The van der Waals surface area contributed by atoms with Crippen molar-refractivity contribution in [3.8, 4) is 0 Å². The van der Waals surface area contributed by atoms with Gasteiger partial charge in [-0.15, -0.1) is 0 Å². The lowest BCUT2D eigenvalue weighted by Crippen LogP contribution is -2.44. The Morgan fingerprint density at radius 1 is 1.37 bits per heavy atom. The molecule has 1 amide bonds. The van der Waals surface area contributed by atoms with Crippen LogP contribution in [-0.4, -0.2) is 41.8 Å². The molecule has 0 aliphatic carbocycles. The fraction of sp³-hybridized carbons (Fsp3) is 0.933. The van der Waals surface area contributed by atoms with Crippen molar-refractivity contribution in [2.45, 2.75) is 72.2 Å². The van der Waals surface area contributed by atoms with Crippen molar-refractivity contribution >= 4 is 5.91 Å². The molecule has 0 bridgehead atoms. The summed E-state index contributed by atoms with van der Waals surface area (Å²) in [5, 5.41) is 3.51.